The molecule has 0 N–H and O–H groups in total. The Kier molecular flexibility index (Phi) is 3.05. The van der Waals surface area contributed by atoms with Crippen LogP contribution in [0.25, 0.3) is 11.0 Å². The fourth-order valence-electron chi connectivity index (χ4n) is 2.23. The molecule has 0 amide bonds. The summed E-state index contributed by atoms with van der Waals surface area (Å²) in [5.41, 5.74) is 0.614. The predicted octanol–water partition coefficient (Wildman–Crippen LogP) is 4.39. The summed E-state index contributed by atoms with van der Waals surface area (Å²) in [6.45, 7) is 1.59. The minimum atomic E-state index is -0.849. The molecule has 0 fully saturated rings. The molecule has 21 heavy (non-hydrogen) atoms. The van der Waals surface area contributed by atoms with Crippen molar-refractivity contribution >= 4 is 16.8 Å². The van der Waals surface area contributed by atoms with Crippen LogP contribution in [0.2, 0.25) is 0 Å². The Hall–Kier alpha value is -2.56. The molecule has 0 radical (unpaired) electrons. The third kappa shape index (κ3) is 2.31. The topological polar surface area (TPSA) is 30.2 Å². The van der Waals surface area contributed by atoms with Gasteiger partial charge in [0.05, 0.1) is 0 Å². The molecule has 0 bridgehead atoms. The van der Waals surface area contributed by atoms with Crippen LogP contribution in [0.15, 0.2) is 40.8 Å². The summed E-state index contributed by atoms with van der Waals surface area (Å²) in [6.07, 6.45) is 0. The van der Waals surface area contributed by atoms with E-state index < -0.39 is 23.2 Å². The molecule has 2 nitrogen and oxygen atoms in total. The Morgan fingerprint density at radius 2 is 1.62 bits per heavy atom. The van der Waals surface area contributed by atoms with Gasteiger partial charge in [-0.05, 0) is 37.3 Å². The lowest BCUT2D eigenvalue weighted by molar-refractivity contribution is 0.101. The van der Waals surface area contributed by atoms with Gasteiger partial charge in [0.1, 0.15) is 23.0 Å². The van der Waals surface area contributed by atoms with Crippen LogP contribution in [0.5, 0.6) is 0 Å². The second-order valence-corrected chi connectivity index (χ2v) is 4.68. The summed E-state index contributed by atoms with van der Waals surface area (Å²) in [6, 6.07) is 6.40. The molecule has 0 aliphatic rings. The molecule has 3 aromatic rings. The standard InChI is InChI=1S/C16H9F3O2/c1-8-13-7-10(17)2-3-14(13)21-16(8)15(20)9-4-11(18)6-12(19)5-9/h2-7H,1H3. The van der Waals surface area contributed by atoms with Crippen molar-refractivity contribution in [3.05, 3.63) is 70.7 Å². The van der Waals surface area contributed by atoms with Crippen molar-refractivity contribution in [2.75, 3.05) is 0 Å². The molecule has 0 saturated carbocycles. The van der Waals surface area contributed by atoms with Crippen LogP contribution in [-0.2, 0) is 0 Å². The maximum absolute atomic E-state index is 13.2. The fraction of sp³-hybridized carbons (Fsp3) is 0.0625. The number of halogens is 3. The number of rotatable bonds is 2. The second kappa shape index (κ2) is 4.77. The van der Waals surface area contributed by atoms with E-state index >= 15 is 0 Å². The van der Waals surface area contributed by atoms with E-state index in [9.17, 15) is 18.0 Å². The van der Waals surface area contributed by atoms with E-state index in [4.69, 9.17) is 4.42 Å². The average molecular weight is 290 g/mol. The van der Waals surface area contributed by atoms with Gasteiger partial charge >= 0.3 is 0 Å². The molecule has 5 heteroatoms. The van der Waals surface area contributed by atoms with Crippen LogP contribution in [0.1, 0.15) is 21.7 Å². The Labute approximate surface area is 117 Å². The second-order valence-electron chi connectivity index (χ2n) is 4.68. The number of furan rings is 1. The van der Waals surface area contributed by atoms with Gasteiger partial charge in [0, 0.05) is 22.6 Å². The summed E-state index contributed by atoms with van der Waals surface area (Å²) in [5.74, 6) is -2.86. The fourth-order valence-corrected chi connectivity index (χ4v) is 2.23. The summed E-state index contributed by atoms with van der Waals surface area (Å²) in [5, 5.41) is 0.454. The smallest absolute Gasteiger partial charge is 0.228 e. The highest BCUT2D eigenvalue weighted by molar-refractivity contribution is 6.10. The molecule has 0 aliphatic heterocycles. The summed E-state index contributed by atoms with van der Waals surface area (Å²) in [4.78, 5) is 12.3. The molecule has 0 aliphatic carbocycles. The van der Waals surface area contributed by atoms with E-state index in [1.54, 1.807) is 6.92 Å². The zero-order valence-corrected chi connectivity index (χ0v) is 10.9. The first-order valence-electron chi connectivity index (χ1n) is 6.15. The highest BCUT2D eigenvalue weighted by Crippen LogP contribution is 2.28. The third-order valence-electron chi connectivity index (χ3n) is 3.23. The molecule has 0 unspecified atom stereocenters. The largest absolute Gasteiger partial charge is 0.452 e. The molecule has 1 heterocycles. The molecule has 0 atom stereocenters. The molecule has 1 aromatic heterocycles. The van der Waals surface area contributed by atoms with Crippen LogP contribution in [0, 0.1) is 24.4 Å². The van der Waals surface area contributed by atoms with Crippen molar-refractivity contribution in [2.45, 2.75) is 6.92 Å². The zero-order valence-electron chi connectivity index (χ0n) is 10.9. The zero-order chi connectivity index (χ0) is 15.1. The number of fused-ring (bicyclic) bond motifs is 1. The van der Waals surface area contributed by atoms with Gasteiger partial charge < -0.3 is 4.42 Å². The predicted molar refractivity (Wildman–Crippen MR) is 70.7 cm³/mol. The average Bonchev–Trinajstić information content (AvgIpc) is 2.74. The van der Waals surface area contributed by atoms with Crippen LogP contribution in [-0.4, -0.2) is 5.78 Å². The molecule has 0 saturated heterocycles. The van der Waals surface area contributed by atoms with Crippen molar-refractivity contribution in [2.24, 2.45) is 0 Å². The summed E-state index contributed by atoms with van der Waals surface area (Å²) >= 11 is 0. The Bertz CT molecular complexity index is 845. The minimum absolute atomic E-state index is 0.0550. The van der Waals surface area contributed by atoms with E-state index in [1.165, 1.54) is 18.2 Å². The van der Waals surface area contributed by atoms with E-state index in [0.717, 1.165) is 12.1 Å². The SMILES string of the molecule is Cc1c(C(=O)c2cc(F)cc(F)c2)oc2ccc(F)cc12. The van der Waals surface area contributed by atoms with Crippen molar-refractivity contribution < 1.29 is 22.4 Å². The molecule has 2 aromatic carbocycles. The van der Waals surface area contributed by atoms with Gasteiger partial charge in [-0.15, -0.1) is 0 Å². The van der Waals surface area contributed by atoms with E-state index in [0.29, 0.717) is 22.6 Å². The monoisotopic (exact) mass is 290 g/mol. The summed E-state index contributed by atoms with van der Waals surface area (Å²) in [7, 11) is 0. The maximum Gasteiger partial charge on any atom is 0.228 e. The Morgan fingerprint density at radius 3 is 2.29 bits per heavy atom. The van der Waals surface area contributed by atoms with Crippen LogP contribution < -0.4 is 0 Å². The Balaban J connectivity index is 2.15. The minimum Gasteiger partial charge on any atom is -0.452 e. The number of hydrogen-bond donors (Lipinski definition) is 0. The van der Waals surface area contributed by atoms with Gasteiger partial charge in [-0.3, -0.25) is 4.79 Å². The third-order valence-corrected chi connectivity index (χ3v) is 3.23. The quantitative estimate of drug-likeness (QED) is 0.655. The normalized spacial score (nSPS) is 11.0. The highest BCUT2D eigenvalue weighted by atomic mass is 19.1. The van der Waals surface area contributed by atoms with E-state index in [2.05, 4.69) is 0 Å². The number of ketones is 1. The van der Waals surface area contributed by atoms with Crippen LogP contribution in [0.4, 0.5) is 13.2 Å². The first-order valence-corrected chi connectivity index (χ1v) is 6.15. The lowest BCUT2D eigenvalue weighted by Crippen LogP contribution is -2.03. The van der Waals surface area contributed by atoms with Gasteiger partial charge in [-0.1, -0.05) is 0 Å². The lowest BCUT2D eigenvalue weighted by atomic mass is 10.0. The number of benzene rings is 2. The lowest BCUT2D eigenvalue weighted by Gasteiger charge is -2.00. The first-order chi connectivity index (χ1) is 9.95. The van der Waals surface area contributed by atoms with Gasteiger partial charge in [-0.2, -0.15) is 0 Å². The molecule has 0 spiro atoms. The van der Waals surface area contributed by atoms with Gasteiger partial charge in [0.15, 0.2) is 5.76 Å². The van der Waals surface area contributed by atoms with Gasteiger partial charge in [-0.25, -0.2) is 13.2 Å². The number of carbonyl (C=O) groups is 1. The van der Waals surface area contributed by atoms with Crippen molar-refractivity contribution in [3.63, 3.8) is 0 Å². The number of aryl methyl sites for hydroxylation is 1. The van der Waals surface area contributed by atoms with Crippen molar-refractivity contribution in [1.82, 2.24) is 0 Å². The number of carbonyl (C=O) groups excluding carboxylic acids is 1. The van der Waals surface area contributed by atoms with Gasteiger partial charge in [0.2, 0.25) is 5.78 Å². The highest BCUT2D eigenvalue weighted by Gasteiger charge is 2.20. The van der Waals surface area contributed by atoms with Crippen molar-refractivity contribution in [3.8, 4) is 0 Å². The van der Waals surface area contributed by atoms with Crippen LogP contribution >= 0.6 is 0 Å². The molecule has 106 valence electrons. The van der Waals surface area contributed by atoms with E-state index in [-0.39, 0.29) is 11.3 Å². The summed E-state index contributed by atoms with van der Waals surface area (Å²) < 4.78 is 45.0. The van der Waals surface area contributed by atoms with Crippen molar-refractivity contribution in [1.29, 1.82) is 0 Å². The number of hydrogen-bond acceptors (Lipinski definition) is 2. The Morgan fingerprint density at radius 1 is 0.952 bits per heavy atom. The molecule has 3 rings (SSSR count). The molecular weight excluding hydrogens is 281 g/mol. The molecular formula is C16H9F3O2. The first kappa shape index (κ1) is 13.4. The van der Waals surface area contributed by atoms with E-state index in [1.807, 2.05) is 0 Å². The van der Waals surface area contributed by atoms with Gasteiger partial charge in [0.25, 0.3) is 0 Å². The van der Waals surface area contributed by atoms with Crippen LogP contribution in [0.3, 0.4) is 0 Å². The maximum atomic E-state index is 13.2.